The van der Waals surface area contributed by atoms with Gasteiger partial charge in [-0.3, -0.25) is 9.59 Å². The van der Waals surface area contributed by atoms with Gasteiger partial charge in [0.2, 0.25) is 5.91 Å². The third-order valence-corrected chi connectivity index (χ3v) is 3.81. The Balaban J connectivity index is 1.45. The van der Waals surface area contributed by atoms with E-state index in [-0.39, 0.29) is 24.3 Å². The van der Waals surface area contributed by atoms with E-state index < -0.39 is 0 Å². The van der Waals surface area contributed by atoms with Crippen LogP contribution >= 0.6 is 0 Å². The standard InChI is InChI=1S/C19H20N2O4/c1-24-16-8-10-17(11-9-16)25-12-18(22)20-14-4-6-15(7-5-14)21-19(23)13-2-3-13/h4-11,13H,2-3,12H2,1H3,(H,20,22)(H,21,23). The minimum atomic E-state index is -0.259. The molecule has 1 saturated carbocycles. The number of amides is 2. The number of ether oxygens (including phenoxy) is 2. The van der Waals surface area contributed by atoms with Crippen LogP contribution in [0.1, 0.15) is 12.8 Å². The van der Waals surface area contributed by atoms with Gasteiger partial charge in [-0.15, -0.1) is 0 Å². The van der Waals surface area contributed by atoms with Crippen LogP contribution in [-0.2, 0) is 9.59 Å². The highest BCUT2D eigenvalue weighted by Crippen LogP contribution is 2.30. The van der Waals surface area contributed by atoms with Gasteiger partial charge in [-0.1, -0.05) is 0 Å². The molecule has 1 fully saturated rings. The largest absolute Gasteiger partial charge is 0.497 e. The average Bonchev–Trinajstić information content (AvgIpc) is 3.47. The van der Waals surface area contributed by atoms with Crippen molar-refractivity contribution >= 4 is 23.2 Å². The molecule has 1 aliphatic rings. The molecule has 0 aliphatic heterocycles. The maximum absolute atomic E-state index is 11.9. The van der Waals surface area contributed by atoms with Crippen molar-refractivity contribution in [1.82, 2.24) is 0 Å². The number of rotatable bonds is 7. The van der Waals surface area contributed by atoms with Gasteiger partial charge in [-0.05, 0) is 61.4 Å². The molecule has 0 unspecified atom stereocenters. The molecule has 0 bridgehead atoms. The molecule has 1 aliphatic carbocycles. The lowest BCUT2D eigenvalue weighted by Gasteiger charge is -2.09. The van der Waals surface area contributed by atoms with Crippen molar-refractivity contribution in [2.45, 2.75) is 12.8 Å². The third kappa shape index (κ3) is 4.97. The summed E-state index contributed by atoms with van der Waals surface area (Å²) in [5, 5.41) is 5.60. The maximum atomic E-state index is 11.9. The smallest absolute Gasteiger partial charge is 0.262 e. The fourth-order valence-corrected chi connectivity index (χ4v) is 2.24. The number of hydrogen-bond donors (Lipinski definition) is 2. The van der Waals surface area contributed by atoms with E-state index in [0.717, 1.165) is 24.3 Å². The molecule has 0 saturated heterocycles. The first kappa shape index (κ1) is 16.8. The summed E-state index contributed by atoms with van der Waals surface area (Å²) in [4.78, 5) is 23.6. The van der Waals surface area contributed by atoms with Gasteiger partial charge < -0.3 is 20.1 Å². The molecular weight excluding hydrogens is 320 g/mol. The topological polar surface area (TPSA) is 76.7 Å². The number of anilines is 2. The van der Waals surface area contributed by atoms with E-state index in [1.807, 2.05) is 0 Å². The molecule has 6 nitrogen and oxygen atoms in total. The predicted octanol–water partition coefficient (Wildman–Crippen LogP) is 3.06. The first-order chi connectivity index (χ1) is 12.1. The van der Waals surface area contributed by atoms with Crippen LogP contribution in [0, 0.1) is 5.92 Å². The first-order valence-corrected chi connectivity index (χ1v) is 8.11. The predicted molar refractivity (Wildman–Crippen MR) is 94.9 cm³/mol. The number of nitrogens with one attached hydrogen (secondary N) is 2. The minimum Gasteiger partial charge on any atom is -0.497 e. The number of benzene rings is 2. The summed E-state index contributed by atoms with van der Waals surface area (Å²) in [6, 6.07) is 14.0. The molecule has 0 radical (unpaired) electrons. The molecule has 3 rings (SSSR count). The fourth-order valence-electron chi connectivity index (χ4n) is 2.24. The molecule has 0 heterocycles. The summed E-state index contributed by atoms with van der Waals surface area (Å²) >= 11 is 0. The van der Waals surface area contributed by atoms with Crippen molar-refractivity contribution in [1.29, 1.82) is 0 Å². The number of carbonyl (C=O) groups is 2. The lowest BCUT2D eigenvalue weighted by atomic mass is 10.2. The molecular formula is C19H20N2O4. The van der Waals surface area contributed by atoms with Gasteiger partial charge in [0, 0.05) is 17.3 Å². The van der Waals surface area contributed by atoms with Gasteiger partial charge in [0.05, 0.1) is 7.11 Å². The Morgan fingerprint density at radius 2 is 1.48 bits per heavy atom. The molecule has 2 aromatic carbocycles. The van der Waals surface area contributed by atoms with E-state index in [1.165, 1.54) is 0 Å². The second-order valence-corrected chi connectivity index (χ2v) is 5.85. The van der Waals surface area contributed by atoms with E-state index in [0.29, 0.717) is 11.4 Å². The van der Waals surface area contributed by atoms with Crippen LogP contribution in [0.3, 0.4) is 0 Å². The van der Waals surface area contributed by atoms with E-state index in [2.05, 4.69) is 10.6 Å². The second-order valence-electron chi connectivity index (χ2n) is 5.85. The van der Waals surface area contributed by atoms with Crippen LogP contribution in [0.4, 0.5) is 11.4 Å². The maximum Gasteiger partial charge on any atom is 0.262 e. The zero-order valence-electron chi connectivity index (χ0n) is 14.0. The summed E-state index contributed by atoms with van der Waals surface area (Å²) in [6.45, 7) is -0.0908. The zero-order chi connectivity index (χ0) is 17.6. The van der Waals surface area contributed by atoms with Crippen LogP contribution in [0.25, 0.3) is 0 Å². The van der Waals surface area contributed by atoms with E-state index >= 15 is 0 Å². The van der Waals surface area contributed by atoms with Crippen LogP contribution in [-0.4, -0.2) is 25.5 Å². The summed E-state index contributed by atoms with van der Waals surface area (Å²) < 4.78 is 10.5. The van der Waals surface area contributed by atoms with E-state index in [9.17, 15) is 9.59 Å². The first-order valence-electron chi connectivity index (χ1n) is 8.11. The summed E-state index contributed by atoms with van der Waals surface area (Å²) in [7, 11) is 1.59. The molecule has 2 amide bonds. The normalized spacial score (nSPS) is 13.0. The van der Waals surface area contributed by atoms with Crippen LogP contribution < -0.4 is 20.1 Å². The Kier molecular flexibility index (Phi) is 5.18. The molecule has 0 atom stereocenters. The van der Waals surface area contributed by atoms with Crippen molar-refractivity contribution in [3.8, 4) is 11.5 Å². The van der Waals surface area contributed by atoms with E-state index in [4.69, 9.17) is 9.47 Å². The van der Waals surface area contributed by atoms with Gasteiger partial charge in [-0.2, -0.15) is 0 Å². The number of hydrogen-bond acceptors (Lipinski definition) is 4. The third-order valence-electron chi connectivity index (χ3n) is 3.81. The second kappa shape index (κ2) is 7.70. The van der Waals surface area contributed by atoms with Crippen molar-refractivity contribution in [3.05, 3.63) is 48.5 Å². The van der Waals surface area contributed by atoms with Gasteiger partial charge in [0.15, 0.2) is 6.61 Å². The highest BCUT2D eigenvalue weighted by molar-refractivity contribution is 5.95. The zero-order valence-corrected chi connectivity index (χ0v) is 14.0. The molecule has 6 heteroatoms. The molecule has 2 aromatic rings. The number of carbonyl (C=O) groups excluding carboxylic acids is 2. The molecule has 25 heavy (non-hydrogen) atoms. The van der Waals surface area contributed by atoms with Crippen LogP contribution in [0.15, 0.2) is 48.5 Å². The van der Waals surface area contributed by atoms with Gasteiger partial charge in [-0.25, -0.2) is 0 Å². The Bertz CT molecular complexity index is 737. The Morgan fingerprint density at radius 3 is 2.04 bits per heavy atom. The molecule has 0 spiro atoms. The fraction of sp³-hybridized carbons (Fsp3) is 0.263. The van der Waals surface area contributed by atoms with E-state index in [1.54, 1.807) is 55.6 Å². The van der Waals surface area contributed by atoms with Gasteiger partial charge in [0.25, 0.3) is 5.91 Å². The lowest BCUT2D eigenvalue weighted by molar-refractivity contribution is -0.118. The Hall–Kier alpha value is -3.02. The molecule has 130 valence electrons. The summed E-state index contributed by atoms with van der Waals surface area (Å²) in [5.74, 6) is 1.28. The van der Waals surface area contributed by atoms with Crippen molar-refractivity contribution < 1.29 is 19.1 Å². The van der Waals surface area contributed by atoms with Gasteiger partial charge in [0.1, 0.15) is 11.5 Å². The van der Waals surface area contributed by atoms with Crippen LogP contribution in [0.5, 0.6) is 11.5 Å². The Morgan fingerprint density at radius 1 is 0.920 bits per heavy atom. The van der Waals surface area contributed by atoms with Crippen molar-refractivity contribution in [3.63, 3.8) is 0 Å². The van der Waals surface area contributed by atoms with Crippen molar-refractivity contribution in [2.24, 2.45) is 5.92 Å². The van der Waals surface area contributed by atoms with Gasteiger partial charge >= 0.3 is 0 Å². The highest BCUT2D eigenvalue weighted by atomic mass is 16.5. The van der Waals surface area contributed by atoms with Crippen LogP contribution in [0.2, 0.25) is 0 Å². The lowest BCUT2D eigenvalue weighted by Crippen LogP contribution is -2.20. The Labute approximate surface area is 146 Å². The van der Waals surface area contributed by atoms with Crippen molar-refractivity contribution in [2.75, 3.05) is 24.4 Å². The summed E-state index contributed by atoms with van der Waals surface area (Å²) in [6.07, 6.45) is 1.93. The highest BCUT2D eigenvalue weighted by Gasteiger charge is 2.29. The SMILES string of the molecule is COc1ccc(OCC(=O)Nc2ccc(NC(=O)C3CC3)cc2)cc1. The monoisotopic (exact) mass is 340 g/mol. The minimum absolute atomic E-state index is 0.0599. The molecule has 2 N–H and O–H groups in total. The quantitative estimate of drug-likeness (QED) is 0.812. The molecule has 0 aromatic heterocycles. The average molecular weight is 340 g/mol. The summed E-state index contributed by atoms with van der Waals surface area (Å²) in [5.41, 5.74) is 1.37. The number of methoxy groups -OCH3 is 1.